The molecule has 306 valence electrons. The topological polar surface area (TPSA) is 263 Å². The van der Waals surface area contributed by atoms with E-state index in [0.717, 1.165) is 0 Å². The molecular weight excluding hydrogens is 797 g/mol. The van der Waals surface area contributed by atoms with Crippen molar-refractivity contribution in [2.24, 2.45) is 4.99 Å². The second-order valence-electron chi connectivity index (χ2n) is 15.9. The lowest BCUT2D eigenvalue weighted by Crippen LogP contribution is -2.54. The van der Waals surface area contributed by atoms with Crippen LogP contribution in [0.3, 0.4) is 0 Å². The Morgan fingerprint density at radius 2 is 1.48 bits per heavy atom. The molecule has 18 nitrogen and oxygen atoms in total. The maximum absolute atomic E-state index is 12.6. The number of carbonyl (C=O) groups is 3. The zero-order valence-corrected chi connectivity index (χ0v) is 33.6. The van der Waals surface area contributed by atoms with E-state index in [2.05, 4.69) is 0 Å². The van der Waals surface area contributed by atoms with E-state index >= 15 is 0 Å². The van der Waals surface area contributed by atoms with Crippen molar-refractivity contribution in [2.45, 2.75) is 95.6 Å². The van der Waals surface area contributed by atoms with E-state index in [1.54, 1.807) is 24.3 Å². The first kappa shape index (κ1) is 41.6. The molecule has 0 aromatic heterocycles. The Labute approximate surface area is 324 Å². The molecule has 0 aliphatic carbocycles. The highest BCUT2D eigenvalue weighted by Crippen LogP contribution is 2.49. The molecule has 6 rings (SSSR count). The molecule has 0 radical (unpaired) electrons. The quantitative estimate of drug-likeness (QED) is 0.132. The molecule has 2 atom stereocenters. The van der Waals surface area contributed by atoms with Gasteiger partial charge in [-0.3, -0.25) is 9.59 Å². The van der Waals surface area contributed by atoms with Gasteiger partial charge in [-0.05, 0) is 58.2 Å². The van der Waals surface area contributed by atoms with Gasteiger partial charge in [-0.15, -0.1) is 5.06 Å². The molecule has 0 bridgehead atoms. The van der Waals surface area contributed by atoms with E-state index in [1.165, 1.54) is 0 Å². The minimum absolute atomic E-state index is 0.0192. The van der Waals surface area contributed by atoms with E-state index in [0.29, 0.717) is 27.2 Å². The maximum Gasteiger partial charge on any atom is 0.333 e. The molecule has 21 heteroatoms. The number of fused-ring (bicyclic) bond motifs is 4. The van der Waals surface area contributed by atoms with Crippen LogP contribution in [0.4, 0.5) is 11.4 Å². The third-order valence-electron chi connectivity index (χ3n) is 10.6. The number of hydrogen-bond acceptors (Lipinski definition) is 16. The second kappa shape index (κ2) is 14.7. The van der Waals surface area contributed by atoms with Crippen molar-refractivity contribution >= 4 is 59.5 Å². The monoisotopic (exact) mass is 838 g/mol. The van der Waals surface area contributed by atoms with Gasteiger partial charge in [-0.2, -0.15) is 0 Å². The minimum Gasteiger partial charge on any atom is -0.748 e. The van der Waals surface area contributed by atoms with Crippen LogP contribution in [0.2, 0.25) is 0 Å². The number of anilines is 1. The summed E-state index contributed by atoms with van der Waals surface area (Å²) in [6.45, 7) is 7.71. The van der Waals surface area contributed by atoms with Crippen molar-refractivity contribution < 1.29 is 62.9 Å². The predicted molar refractivity (Wildman–Crippen MR) is 194 cm³/mol. The van der Waals surface area contributed by atoms with E-state index < -0.39 is 88.3 Å². The zero-order valence-electron chi connectivity index (χ0n) is 31.2. The number of amides is 2. The summed E-state index contributed by atoms with van der Waals surface area (Å²) in [6, 6.07) is 6.52. The Balaban J connectivity index is 1.42. The van der Waals surface area contributed by atoms with Crippen LogP contribution >= 0.6 is 0 Å². The highest BCUT2D eigenvalue weighted by molar-refractivity contribution is 7.86. The van der Waals surface area contributed by atoms with Gasteiger partial charge in [0, 0.05) is 84.2 Å². The Bertz CT molecular complexity index is 2450. The molecule has 4 aliphatic rings. The molecule has 1 fully saturated rings. The molecule has 0 spiro atoms. The van der Waals surface area contributed by atoms with Crippen LogP contribution in [-0.4, -0.2) is 103 Å². The number of ether oxygens (including phenoxy) is 1. The average molecular weight is 839 g/mol. The van der Waals surface area contributed by atoms with Gasteiger partial charge in [0.2, 0.25) is 5.36 Å². The highest BCUT2D eigenvalue weighted by Gasteiger charge is 2.43. The highest BCUT2D eigenvalue weighted by atomic mass is 32.2. The van der Waals surface area contributed by atoms with Crippen LogP contribution in [0.15, 0.2) is 29.3 Å². The molecule has 4 heterocycles. The van der Waals surface area contributed by atoms with Crippen molar-refractivity contribution in [2.75, 3.05) is 35.2 Å². The summed E-state index contributed by atoms with van der Waals surface area (Å²) < 4.78 is 115. The maximum atomic E-state index is 12.6. The van der Waals surface area contributed by atoms with Crippen molar-refractivity contribution in [1.29, 1.82) is 0 Å². The third-order valence-corrected chi connectivity index (χ3v) is 13.0. The smallest absolute Gasteiger partial charge is 0.333 e. The number of hydroxylamine groups is 2. The van der Waals surface area contributed by atoms with Gasteiger partial charge in [0.05, 0.1) is 42.8 Å². The lowest BCUT2D eigenvalue weighted by Gasteiger charge is -2.48. The van der Waals surface area contributed by atoms with Crippen LogP contribution in [-0.2, 0) is 49.6 Å². The molecule has 4 aliphatic heterocycles. The van der Waals surface area contributed by atoms with Crippen LogP contribution in [0, 0.1) is 0 Å². The first-order valence-corrected chi connectivity index (χ1v) is 22.7. The molecule has 2 aromatic rings. The Morgan fingerprint density at radius 1 is 0.857 bits per heavy atom. The van der Waals surface area contributed by atoms with E-state index in [-0.39, 0.29) is 80.6 Å². The fourth-order valence-corrected chi connectivity index (χ4v) is 10.4. The van der Waals surface area contributed by atoms with Gasteiger partial charge < -0.3 is 28.1 Å². The van der Waals surface area contributed by atoms with Crippen molar-refractivity contribution in [1.82, 2.24) is 9.64 Å². The van der Waals surface area contributed by atoms with Gasteiger partial charge in [-0.1, -0.05) is 0 Å². The summed E-state index contributed by atoms with van der Waals surface area (Å²) in [4.78, 5) is 48.1. The lowest BCUT2D eigenvalue weighted by atomic mass is 9.79. The summed E-state index contributed by atoms with van der Waals surface area (Å²) in [7, 11) is -13.9. The van der Waals surface area contributed by atoms with Crippen LogP contribution in [0.5, 0.6) is 11.5 Å². The Hall–Kier alpha value is -4.02. The van der Waals surface area contributed by atoms with Crippen LogP contribution in [0.1, 0.15) is 95.6 Å². The van der Waals surface area contributed by atoms with E-state index in [4.69, 9.17) is 14.6 Å². The largest absolute Gasteiger partial charge is 0.748 e. The summed E-state index contributed by atoms with van der Waals surface area (Å²) in [5, 5.41) is 1.28. The Morgan fingerprint density at radius 3 is 2.09 bits per heavy atom. The third kappa shape index (κ3) is 9.23. The summed E-state index contributed by atoms with van der Waals surface area (Å²) >= 11 is 0. The summed E-state index contributed by atoms with van der Waals surface area (Å²) in [5.41, 5.74) is 0.179. The number of hydrogen-bond donors (Lipinski definition) is 0. The van der Waals surface area contributed by atoms with Crippen molar-refractivity contribution in [3.63, 3.8) is 0 Å². The van der Waals surface area contributed by atoms with Gasteiger partial charge in [0.25, 0.3) is 11.8 Å². The molecule has 2 aromatic carbocycles. The standard InChI is InChI=1S/C35H44N4O14S3/c1-34(2)17-21(19-55(46,47)48)23-13-25-29(15-27(23)37(34)10-5-7-33(42)53-39-31(40)8-9-32(39)41)52-30-16-28-24(14-26(30)36-25)22(20-56(49,50)51)18-35(3,4)38(28)11-6-12-54(43,44)45/h13-16,21-22H,5-12,17-20H2,1-4H3,(H2-,43,44,45,46,47,48,49,50,51)/p-2. The first-order valence-electron chi connectivity index (χ1n) is 18.0. The molecule has 2 unspecified atom stereocenters. The van der Waals surface area contributed by atoms with Crippen LogP contribution < -0.4 is 24.9 Å². The number of imide groups is 1. The van der Waals surface area contributed by atoms with Gasteiger partial charge in [-0.25, -0.2) is 39.6 Å². The van der Waals surface area contributed by atoms with Crippen molar-refractivity contribution in [3.05, 3.63) is 46.1 Å². The zero-order chi connectivity index (χ0) is 41.2. The average Bonchev–Trinajstić information content (AvgIpc) is 3.35. The van der Waals surface area contributed by atoms with Crippen LogP contribution in [0.25, 0.3) is 0 Å². The lowest BCUT2D eigenvalue weighted by molar-refractivity contribution is -0.197. The number of nitrogens with zero attached hydrogens (tertiary/aromatic N) is 4. The number of carbonyl (C=O) groups excluding carboxylic acids is 3. The number of benzene rings is 2. The molecule has 2 amide bonds. The SMILES string of the molecule is CC1(C)CC(CS(=O)(=O)[O-])c2cc3c(cc2N1CCCS(=O)(=O)[O-])Oc1cc2c(cc1=N3)C(CS(=O)(=O)[O-])CC(C)(C)[N+]=2CCCC(=O)ON1C(=O)CCC1=O. The van der Waals surface area contributed by atoms with Gasteiger partial charge in [0.15, 0.2) is 17.0 Å². The molecule has 0 N–H and O–H groups in total. The van der Waals surface area contributed by atoms with E-state index in [1.807, 2.05) is 37.2 Å². The summed E-state index contributed by atoms with van der Waals surface area (Å²) in [6.07, 6.45) is 0.376. The Kier molecular flexibility index (Phi) is 10.9. The number of rotatable bonds is 13. The predicted octanol–water partition coefficient (Wildman–Crippen LogP) is 0.986. The van der Waals surface area contributed by atoms with Gasteiger partial charge in [0.1, 0.15) is 17.6 Å². The molecule has 0 saturated carbocycles. The van der Waals surface area contributed by atoms with Gasteiger partial charge >= 0.3 is 5.97 Å². The van der Waals surface area contributed by atoms with Crippen molar-refractivity contribution in [3.8, 4) is 11.5 Å². The first-order chi connectivity index (χ1) is 25.8. The molecule has 56 heavy (non-hydrogen) atoms. The minimum atomic E-state index is -4.70. The fraction of sp³-hybridized carbons (Fsp3) is 0.571. The summed E-state index contributed by atoms with van der Waals surface area (Å²) in [5.74, 6) is -5.03. The fourth-order valence-electron chi connectivity index (χ4n) is 8.38. The molecule has 1 saturated heterocycles. The molecular formula is C35H42N4O14S3-2. The second-order valence-corrected chi connectivity index (χ2v) is 20.3. The van der Waals surface area contributed by atoms with E-state index in [9.17, 15) is 53.3 Å². The normalized spacial score (nSPS) is 21.4.